The summed E-state index contributed by atoms with van der Waals surface area (Å²) in [4.78, 5) is 35.3. The predicted octanol–water partition coefficient (Wildman–Crippen LogP) is -1.40. The number of tetrazole rings is 1. The van der Waals surface area contributed by atoms with Crippen LogP contribution in [0.3, 0.4) is 0 Å². The molecular weight excluding hydrogens is 324 g/mol. The van der Waals surface area contributed by atoms with Crippen molar-refractivity contribution in [2.45, 2.75) is 18.0 Å². The Morgan fingerprint density at radius 2 is 2.39 bits per heavy atom. The number of carbonyl (C=O) groups is 3. The Labute approximate surface area is 134 Å². The van der Waals surface area contributed by atoms with Crippen LogP contribution in [0.4, 0.5) is 0 Å². The second-order valence-electron chi connectivity index (χ2n) is 4.79. The standard InChI is InChI=1S/C12H12N6O4S/c19-6-13-8-10(20)18-9(12(21)22)7(4-23-11(8)18)2-1-3-17-5-14-15-16-17/h1-2,5-6,8,11H,3-4H2,(H,13,19)(H,21,22)/t8?,11-/m1/s1. The van der Waals surface area contributed by atoms with Crippen molar-refractivity contribution in [1.82, 2.24) is 30.4 Å². The molecule has 0 aliphatic carbocycles. The van der Waals surface area contributed by atoms with Gasteiger partial charge >= 0.3 is 5.97 Å². The zero-order valence-corrected chi connectivity index (χ0v) is 12.5. The second kappa shape index (κ2) is 6.20. The van der Waals surface area contributed by atoms with Gasteiger partial charge in [-0.25, -0.2) is 9.48 Å². The number of nitrogens with one attached hydrogen (secondary N) is 1. The fourth-order valence-electron chi connectivity index (χ4n) is 2.43. The first kappa shape index (κ1) is 15.2. The molecule has 1 fully saturated rings. The van der Waals surface area contributed by atoms with E-state index in [2.05, 4.69) is 20.8 Å². The van der Waals surface area contributed by atoms with E-state index in [4.69, 9.17) is 0 Å². The molecule has 0 radical (unpaired) electrons. The summed E-state index contributed by atoms with van der Waals surface area (Å²) in [7, 11) is 0. The van der Waals surface area contributed by atoms with Gasteiger partial charge in [0.2, 0.25) is 6.41 Å². The zero-order chi connectivity index (χ0) is 16.4. The maximum atomic E-state index is 12.0. The molecule has 2 amide bonds. The van der Waals surface area contributed by atoms with Gasteiger partial charge in [0.1, 0.15) is 23.4 Å². The van der Waals surface area contributed by atoms with Crippen LogP contribution in [0.1, 0.15) is 0 Å². The van der Waals surface area contributed by atoms with E-state index in [9.17, 15) is 19.5 Å². The van der Waals surface area contributed by atoms with Crippen molar-refractivity contribution in [3.05, 3.63) is 29.7 Å². The number of aromatic nitrogens is 4. The number of amides is 2. The highest BCUT2D eigenvalue weighted by Crippen LogP contribution is 2.40. The first-order valence-electron chi connectivity index (χ1n) is 6.61. The Hall–Kier alpha value is -2.69. The molecule has 2 atom stereocenters. The number of carboxylic acids is 1. The first-order chi connectivity index (χ1) is 11.1. The van der Waals surface area contributed by atoms with E-state index in [1.54, 1.807) is 12.2 Å². The lowest BCUT2D eigenvalue weighted by Crippen LogP contribution is -2.69. The van der Waals surface area contributed by atoms with E-state index < -0.39 is 17.9 Å². The normalized spacial score (nSPS) is 23.7. The molecule has 0 bridgehead atoms. The number of rotatable bonds is 6. The minimum Gasteiger partial charge on any atom is -0.477 e. The first-order valence-corrected chi connectivity index (χ1v) is 7.66. The summed E-state index contributed by atoms with van der Waals surface area (Å²) in [5.74, 6) is -1.16. The summed E-state index contributed by atoms with van der Waals surface area (Å²) in [5, 5.41) is 22.2. The smallest absolute Gasteiger partial charge is 0.352 e. The highest BCUT2D eigenvalue weighted by molar-refractivity contribution is 8.00. The Morgan fingerprint density at radius 1 is 1.57 bits per heavy atom. The molecule has 2 aliphatic rings. The van der Waals surface area contributed by atoms with Crippen LogP contribution < -0.4 is 5.32 Å². The molecule has 1 aromatic heterocycles. The Balaban J connectivity index is 1.80. The van der Waals surface area contributed by atoms with Gasteiger partial charge in [-0.3, -0.25) is 14.5 Å². The molecule has 0 spiro atoms. The highest BCUT2D eigenvalue weighted by Gasteiger charge is 2.53. The molecular formula is C12H12N6O4S. The van der Waals surface area contributed by atoms with Crippen molar-refractivity contribution in [2.75, 3.05) is 5.75 Å². The van der Waals surface area contributed by atoms with E-state index in [1.165, 1.54) is 27.7 Å². The minimum absolute atomic E-state index is 0.0457. The van der Waals surface area contributed by atoms with Crippen LogP contribution in [0, 0.1) is 0 Å². The van der Waals surface area contributed by atoms with Crippen LogP contribution in [0.25, 0.3) is 0 Å². The molecule has 120 valence electrons. The fourth-order valence-corrected chi connectivity index (χ4v) is 3.76. The van der Waals surface area contributed by atoms with Gasteiger partial charge in [-0.05, 0) is 16.0 Å². The largest absolute Gasteiger partial charge is 0.477 e. The molecule has 11 heteroatoms. The predicted molar refractivity (Wildman–Crippen MR) is 77.7 cm³/mol. The van der Waals surface area contributed by atoms with E-state index >= 15 is 0 Å². The van der Waals surface area contributed by atoms with E-state index in [0.29, 0.717) is 24.3 Å². The van der Waals surface area contributed by atoms with Crippen molar-refractivity contribution in [3.8, 4) is 0 Å². The summed E-state index contributed by atoms with van der Waals surface area (Å²) in [6.07, 6.45) is 5.27. The van der Waals surface area contributed by atoms with Crippen LogP contribution in [-0.4, -0.2) is 65.7 Å². The zero-order valence-electron chi connectivity index (χ0n) is 11.7. The lowest BCUT2D eigenvalue weighted by atomic mass is 10.0. The SMILES string of the molecule is O=CNC1C(=O)N2C(C(=O)O)=C(C=CCn3cnnn3)CS[C@H]12. The Kier molecular flexibility index (Phi) is 4.10. The number of carbonyl (C=O) groups excluding carboxylic acids is 2. The Morgan fingerprint density at radius 3 is 3.04 bits per heavy atom. The van der Waals surface area contributed by atoms with Gasteiger partial charge in [0.15, 0.2) is 0 Å². The van der Waals surface area contributed by atoms with E-state index in [1.807, 2.05) is 0 Å². The number of thioether (sulfide) groups is 1. The van der Waals surface area contributed by atoms with Gasteiger partial charge < -0.3 is 10.4 Å². The third-order valence-corrected chi connectivity index (χ3v) is 4.75. The van der Waals surface area contributed by atoms with Crippen molar-refractivity contribution < 1.29 is 19.5 Å². The number of β-lactam (4-membered cyclic amide) rings is 1. The number of carboxylic acid groups (broad SMARTS) is 1. The topological polar surface area (TPSA) is 130 Å². The molecule has 2 N–H and O–H groups in total. The quantitative estimate of drug-likeness (QED) is 0.479. The third-order valence-electron chi connectivity index (χ3n) is 3.45. The maximum absolute atomic E-state index is 12.0. The summed E-state index contributed by atoms with van der Waals surface area (Å²) in [5.41, 5.74) is 0.486. The molecule has 1 saturated heterocycles. The summed E-state index contributed by atoms with van der Waals surface area (Å²) < 4.78 is 1.48. The maximum Gasteiger partial charge on any atom is 0.352 e. The Bertz CT molecular complexity index is 700. The summed E-state index contributed by atoms with van der Waals surface area (Å²) >= 11 is 1.41. The third kappa shape index (κ3) is 2.70. The van der Waals surface area contributed by atoms with Gasteiger partial charge in [-0.15, -0.1) is 16.9 Å². The average Bonchev–Trinajstić information content (AvgIpc) is 3.05. The van der Waals surface area contributed by atoms with Gasteiger partial charge in [0.05, 0.1) is 6.54 Å². The minimum atomic E-state index is -1.17. The van der Waals surface area contributed by atoms with Gasteiger partial charge in [0.25, 0.3) is 5.91 Å². The monoisotopic (exact) mass is 336 g/mol. The number of hydrogen-bond acceptors (Lipinski definition) is 7. The molecule has 10 nitrogen and oxygen atoms in total. The molecule has 2 aliphatic heterocycles. The number of aliphatic carboxylic acids is 1. The van der Waals surface area contributed by atoms with Crippen LogP contribution in [0.15, 0.2) is 29.7 Å². The van der Waals surface area contributed by atoms with Crippen molar-refractivity contribution >= 4 is 30.0 Å². The van der Waals surface area contributed by atoms with E-state index in [0.717, 1.165) is 0 Å². The lowest BCUT2D eigenvalue weighted by Gasteiger charge is -2.48. The number of allylic oxidation sites excluding steroid dienone is 2. The van der Waals surface area contributed by atoms with Crippen LogP contribution >= 0.6 is 11.8 Å². The van der Waals surface area contributed by atoms with Gasteiger partial charge in [0, 0.05) is 5.75 Å². The van der Waals surface area contributed by atoms with Gasteiger partial charge in [-0.1, -0.05) is 12.2 Å². The van der Waals surface area contributed by atoms with Crippen LogP contribution in [-0.2, 0) is 20.9 Å². The number of fused-ring (bicyclic) bond motifs is 1. The van der Waals surface area contributed by atoms with Crippen LogP contribution in [0.2, 0.25) is 0 Å². The summed E-state index contributed by atoms with van der Waals surface area (Å²) in [6, 6.07) is -0.668. The average molecular weight is 336 g/mol. The molecule has 23 heavy (non-hydrogen) atoms. The number of nitrogens with zero attached hydrogens (tertiary/aromatic N) is 5. The number of hydrogen-bond donors (Lipinski definition) is 2. The van der Waals surface area contributed by atoms with Gasteiger partial charge in [-0.2, -0.15) is 0 Å². The van der Waals surface area contributed by atoms with Crippen LogP contribution in [0.5, 0.6) is 0 Å². The molecule has 3 rings (SSSR count). The second-order valence-corrected chi connectivity index (χ2v) is 5.89. The molecule has 3 heterocycles. The van der Waals surface area contributed by atoms with Crippen molar-refractivity contribution in [3.63, 3.8) is 0 Å². The molecule has 1 aromatic rings. The summed E-state index contributed by atoms with van der Waals surface area (Å²) in [6.45, 7) is 0.390. The fraction of sp³-hybridized carbons (Fsp3) is 0.333. The molecule has 0 saturated carbocycles. The molecule has 1 unspecified atom stereocenters. The van der Waals surface area contributed by atoms with E-state index in [-0.39, 0.29) is 11.1 Å². The highest BCUT2D eigenvalue weighted by atomic mass is 32.2. The van der Waals surface area contributed by atoms with Crippen molar-refractivity contribution in [2.24, 2.45) is 0 Å². The molecule has 0 aromatic carbocycles. The van der Waals surface area contributed by atoms with Crippen molar-refractivity contribution in [1.29, 1.82) is 0 Å². The lowest BCUT2D eigenvalue weighted by molar-refractivity contribution is -0.149.